The van der Waals surface area contributed by atoms with Crippen LogP contribution in [0.15, 0.2) is 18.5 Å². The van der Waals surface area contributed by atoms with E-state index in [9.17, 15) is 0 Å². The van der Waals surface area contributed by atoms with Gasteiger partial charge in [-0.3, -0.25) is 4.40 Å². The molecule has 4 nitrogen and oxygen atoms in total. The highest BCUT2D eigenvalue weighted by Gasteiger charge is 2.20. The van der Waals surface area contributed by atoms with Crippen molar-refractivity contribution in [3.63, 3.8) is 0 Å². The Kier molecular flexibility index (Phi) is 1.58. The number of rotatable bonds is 0. The summed E-state index contributed by atoms with van der Waals surface area (Å²) in [5.74, 6) is 1.60. The zero-order valence-electron chi connectivity index (χ0n) is 8.02. The van der Waals surface area contributed by atoms with Crippen molar-refractivity contribution >= 4 is 5.78 Å². The lowest BCUT2D eigenvalue weighted by atomic mass is 9.96. The predicted molar refractivity (Wildman–Crippen MR) is 49.5 cm³/mol. The molecule has 2 aromatic rings. The summed E-state index contributed by atoms with van der Waals surface area (Å²) in [4.78, 5) is 4.10. The maximum atomic E-state index is 4.12. The van der Waals surface area contributed by atoms with Crippen LogP contribution in [0.4, 0.5) is 0 Å². The molecule has 0 fully saturated rings. The molecule has 0 atom stereocenters. The van der Waals surface area contributed by atoms with Crippen LogP contribution in [-0.2, 0) is 5.41 Å². The van der Waals surface area contributed by atoms with E-state index in [1.54, 1.807) is 6.20 Å². The van der Waals surface area contributed by atoms with Crippen LogP contribution in [0, 0.1) is 0 Å². The quantitative estimate of drug-likeness (QED) is 0.609. The van der Waals surface area contributed by atoms with E-state index >= 15 is 0 Å². The minimum atomic E-state index is 0.00243. The third-order valence-electron chi connectivity index (χ3n) is 1.86. The van der Waals surface area contributed by atoms with Crippen molar-refractivity contribution in [1.29, 1.82) is 0 Å². The second-order valence-electron chi connectivity index (χ2n) is 4.06. The maximum absolute atomic E-state index is 4.12. The Morgan fingerprint density at radius 1 is 1.23 bits per heavy atom. The maximum Gasteiger partial charge on any atom is 0.254 e. The van der Waals surface area contributed by atoms with Crippen molar-refractivity contribution in [3.8, 4) is 0 Å². The van der Waals surface area contributed by atoms with Gasteiger partial charge in [0.05, 0.1) is 0 Å². The number of aromatic nitrogens is 4. The van der Waals surface area contributed by atoms with Gasteiger partial charge < -0.3 is 0 Å². The molecule has 0 saturated carbocycles. The molecule has 0 aliphatic carbocycles. The standard InChI is InChI=1S/C9H12N4/c1-9(2,3)7-11-12-8-10-5-4-6-13(7)8/h4-6H,1-3H3. The Balaban J connectivity index is 2.72. The molecular formula is C9H12N4. The molecule has 2 aromatic heterocycles. The average molecular weight is 176 g/mol. The summed E-state index contributed by atoms with van der Waals surface area (Å²) in [5, 5.41) is 8.10. The van der Waals surface area contributed by atoms with Crippen LogP contribution in [-0.4, -0.2) is 19.6 Å². The summed E-state index contributed by atoms with van der Waals surface area (Å²) in [6.07, 6.45) is 3.65. The minimum absolute atomic E-state index is 0.00243. The third-order valence-corrected chi connectivity index (χ3v) is 1.86. The fourth-order valence-electron chi connectivity index (χ4n) is 1.25. The third kappa shape index (κ3) is 1.28. The van der Waals surface area contributed by atoms with E-state index in [1.807, 2.05) is 16.7 Å². The second kappa shape index (κ2) is 2.52. The minimum Gasteiger partial charge on any atom is -0.270 e. The molecule has 0 N–H and O–H groups in total. The molecule has 68 valence electrons. The summed E-state index contributed by atoms with van der Waals surface area (Å²) in [6, 6.07) is 1.88. The van der Waals surface area contributed by atoms with Crippen LogP contribution in [0.1, 0.15) is 26.6 Å². The Labute approximate surface area is 76.6 Å². The topological polar surface area (TPSA) is 43.1 Å². The van der Waals surface area contributed by atoms with Crippen molar-refractivity contribution in [3.05, 3.63) is 24.3 Å². The second-order valence-corrected chi connectivity index (χ2v) is 4.06. The van der Waals surface area contributed by atoms with E-state index in [2.05, 4.69) is 36.0 Å². The number of hydrogen-bond donors (Lipinski definition) is 0. The molecular weight excluding hydrogens is 164 g/mol. The molecule has 0 spiro atoms. The van der Waals surface area contributed by atoms with Gasteiger partial charge in [0.1, 0.15) is 5.82 Å². The van der Waals surface area contributed by atoms with E-state index in [0.29, 0.717) is 5.78 Å². The summed E-state index contributed by atoms with van der Waals surface area (Å²) < 4.78 is 1.92. The first-order valence-electron chi connectivity index (χ1n) is 4.25. The molecule has 13 heavy (non-hydrogen) atoms. The average Bonchev–Trinajstić information content (AvgIpc) is 2.45. The number of hydrogen-bond acceptors (Lipinski definition) is 3. The number of fused-ring (bicyclic) bond motifs is 1. The van der Waals surface area contributed by atoms with E-state index in [1.165, 1.54) is 0 Å². The van der Waals surface area contributed by atoms with E-state index in [4.69, 9.17) is 0 Å². The smallest absolute Gasteiger partial charge is 0.254 e. The van der Waals surface area contributed by atoms with Crippen LogP contribution in [0.5, 0.6) is 0 Å². The zero-order chi connectivity index (χ0) is 9.47. The monoisotopic (exact) mass is 176 g/mol. The summed E-state index contributed by atoms with van der Waals surface area (Å²) in [5.41, 5.74) is 0.00243. The Bertz CT molecular complexity index is 424. The van der Waals surface area contributed by atoms with Gasteiger partial charge in [0.15, 0.2) is 0 Å². The Hall–Kier alpha value is -1.45. The predicted octanol–water partition coefficient (Wildman–Crippen LogP) is 1.42. The zero-order valence-corrected chi connectivity index (χ0v) is 8.02. The molecule has 2 rings (SSSR count). The van der Waals surface area contributed by atoms with Gasteiger partial charge in [-0.15, -0.1) is 10.2 Å². The molecule has 4 heteroatoms. The fourth-order valence-corrected chi connectivity index (χ4v) is 1.25. The van der Waals surface area contributed by atoms with E-state index < -0.39 is 0 Å². The highest BCUT2D eigenvalue weighted by molar-refractivity contribution is 5.28. The SMILES string of the molecule is CC(C)(C)c1nnc2ncccn12. The van der Waals surface area contributed by atoms with Gasteiger partial charge in [0.25, 0.3) is 5.78 Å². The van der Waals surface area contributed by atoms with Gasteiger partial charge in [-0.2, -0.15) is 0 Å². The first kappa shape index (κ1) is 8.16. The van der Waals surface area contributed by atoms with Gasteiger partial charge in [-0.1, -0.05) is 20.8 Å². The summed E-state index contributed by atoms with van der Waals surface area (Å²) in [7, 11) is 0. The van der Waals surface area contributed by atoms with Gasteiger partial charge in [-0.25, -0.2) is 4.98 Å². The lowest BCUT2D eigenvalue weighted by Crippen LogP contribution is -2.15. The van der Waals surface area contributed by atoms with Crippen molar-refractivity contribution in [2.24, 2.45) is 0 Å². The highest BCUT2D eigenvalue weighted by atomic mass is 15.3. The molecule has 0 aliphatic rings. The first-order chi connectivity index (χ1) is 6.09. The molecule has 0 saturated heterocycles. The molecule has 0 unspecified atom stereocenters. The van der Waals surface area contributed by atoms with Crippen LogP contribution >= 0.6 is 0 Å². The molecule has 0 aromatic carbocycles. The Morgan fingerprint density at radius 2 is 2.00 bits per heavy atom. The summed E-state index contributed by atoms with van der Waals surface area (Å²) >= 11 is 0. The van der Waals surface area contributed by atoms with Crippen molar-refractivity contribution in [2.75, 3.05) is 0 Å². The summed E-state index contributed by atoms with van der Waals surface area (Å²) in [6.45, 7) is 6.32. The van der Waals surface area contributed by atoms with Crippen LogP contribution in [0.25, 0.3) is 5.78 Å². The van der Waals surface area contributed by atoms with Crippen molar-refractivity contribution in [1.82, 2.24) is 19.6 Å². The lowest BCUT2D eigenvalue weighted by molar-refractivity contribution is 0.538. The largest absolute Gasteiger partial charge is 0.270 e. The first-order valence-corrected chi connectivity index (χ1v) is 4.25. The normalized spacial score (nSPS) is 12.2. The Morgan fingerprint density at radius 3 is 2.69 bits per heavy atom. The molecule has 0 amide bonds. The van der Waals surface area contributed by atoms with Crippen molar-refractivity contribution in [2.45, 2.75) is 26.2 Å². The van der Waals surface area contributed by atoms with E-state index in [-0.39, 0.29) is 5.41 Å². The van der Waals surface area contributed by atoms with Crippen LogP contribution in [0.2, 0.25) is 0 Å². The van der Waals surface area contributed by atoms with Gasteiger partial charge in [0, 0.05) is 17.8 Å². The molecule has 0 aliphatic heterocycles. The van der Waals surface area contributed by atoms with Crippen LogP contribution in [0.3, 0.4) is 0 Å². The fraction of sp³-hybridized carbons (Fsp3) is 0.444. The van der Waals surface area contributed by atoms with Gasteiger partial charge >= 0.3 is 0 Å². The molecule has 0 radical (unpaired) electrons. The lowest BCUT2D eigenvalue weighted by Gasteiger charge is -2.14. The van der Waals surface area contributed by atoms with E-state index in [0.717, 1.165) is 5.82 Å². The molecule has 0 bridgehead atoms. The van der Waals surface area contributed by atoms with Gasteiger partial charge in [-0.05, 0) is 6.07 Å². The highest BCUT2D eigenvalue weighted by Crippen LogP contribution is 2.19. The van der Waals surface area contributed by atoms with Gasteiger partial charge in [0.2, 0.25) is 0 Å². The number of nitrogens with zero attached hydrogens (tertiary/aromatic N) is 4. The van der Waals surface area contributed by atoms with Crippen LogP contribution < -0.4 is 0 Å². The molecule has 2 heterocycles. The van der Waals surface area contributed by atoms with Crippen molar-refractivity contribution < 1.29 is 0 Å².